The lowest BCUT2D eigenvalue weighted by atomic mass is 10.00. The summed E-state index contributed by atoms with van der Waals surface area (Å²) in [5.41, 5.74) is 2.48. The molecular weight excluding hydrogens is 368 g/mol. The van der Waals surface area contributed by atoms with E-state index in [1.807, 2.05) is 0 Å². The topological polar surface area (TPSA) is 92.9 Å². The average Bonchev–Trinajstić information content (AvgIpc) is 3.37. The highest BCUT2D eigenvalue weighted by molar-refractivity contribution is 5.91. The van der Waals surface area contributed by atoms with Gasteiger partial charge >= 0.3 is 0 Å². The van der Waals surface area contributed by atoms with Gasteiger partial charge in [-0.3, -0.25) is 19.1 Å². The number of hydrogen-bond acceptors (Lipinski definition) is 6. The fourth-order valence-corrected chi connectivity index (χ4v) is 4.14. The van der Waals surface area contributed by atoms with Gasteiger partial charge < -0.3 is 10.6 Å². The molecule has 4 rings (SSSR count). The van der Waals surface area contributed by atoms with Crippen molar-refractivity contribution in [1.82, 2.24) is 40.3 Å². The fourth-order valence-electron chi connectivity index (χ4n) is 4.14. The van der Waals surface area contributed by atoms with Gasteiger partial charge in [-0.05, 0) is 50.9 Å². The third kappa shape index (κ3) is 5.22. The summed E-state index contributed by atoms with van der Waals surface area (Å²) in [4.78, 5) is 14.9. The van der Waals surface area contributed by atoms with Gasteiger partial charge in [-0.25, -0.2) is 0 Å². The van der Waals surface area contributed by atoms with Crippen molar-refractivity contribution in [1.29, 1.82) is 0 Å². The van der Waals surface area contributed by atoms with Crippen LogP contribution in [0.3, 0.4) is 0 Å². The molecule has 2 aliphatic heterocycles. The Kier molecular flexibility index (Phi) is 6.56. The lowest BCUT2D eigenvalue weighted by Gasteiger charge is -2.27. The molecule has 0 aromatic carbocycles. The SMILES string of the molecule is CCCCN1CCn2nc(CNC(=O)c3cn(C[C@@H]4CCCNC4)nn3)cc2C1. The third-order valence-corrected chi connectivity index (χ3v) is 5.80. The summed E-state index contributed by atoms with van der Waals surface area (Å²) in [6.07, 6.45) is 6.57. The number of nitrogens with zero attached hydrogens (tertiary/aromatic N) is 6. The number of piperidine rings is 1. The van der Waals surface area contributed by atoms with Crippen molar-refractivity contribution in [3.63, 3.8) is 0 Å². The lowest BCUT2D eigenvalue weighted by molar-refractivity contribution is 0.0945. The third-order valence-electron chi connectivity index (χ3n) is 5.80. The predicted molar refractivity (Wildman–Crippen MR) is 109 cm³/mol. The second-order valence-electron chi connectivity index (χ2n) is 8.20. The minimum absolute atomic E-state index is 0.200. The van der Waals surface area contributed by atoms with E-state index >= 15 is 0 Å². The Bertz CT molecular complexity index is 807. The highest BCUT2D eigenvalue weighted by Crippen LogP contribution is 2.15. The number of hydrogen-bond donors (Lipinski definition) is 2. The van der Waals surface area contributed by atoms with Crippen LogP contribution in [0.25, 0.3) is 0 Å². The number of unbranched alkanes of at least 4 members (excludes halogenated alkanes) is 1. The van der Waals surface area contributed by atoms with Gasteiger partial charge in [-0.1, -0.05) is 18.6 Å². The maximum atomic E-state index is 12.5. The maximum absolute atomic E-state index is 12.5. The molecule has 2 aromatic heterocycles. The standard InChI is InChI=1S/C20H32N8O/c1-2-3-7-26-8-9-28-18(14-26)10-17(24-28)12-22-20(29)19-15-27(25-23-19)13-16-5-4-6-21-11-16/h10,15-16,21H,2-9,11-14H2,1H3,(H,22,29)/t16-/m1/s1. The molecule has 9 nitrogen and oxygen atoms in total. The van der Waals surface area contributed by atoms with Crippen LogP contribution < -0.4 is 10.6 Å². The molecule has 9 heteroatoms. The first kappa shape index (κ1) is 20.0. The van der Waals surface area contributed by atoms with Gasteiger partial charge in [0.2, 0.25) is 0 Å². The number of amides is 1. The van der Waals surface area contributed by atoms with Crippen molar-refractivity contribution in [2.45, 2.75) is 58.8 Å². The van der Waals surface area contributed by atoms with Crippen LogP contribution in [0.15, 0.2) is 12.3 Å². The number of rotatable bonds is 8. The van der Waals surface area contributed by atoms with Crippen LogP contribution in [0.4, 0.5) is 0 Å². The molecule has 1 saturated heterocycles. The Morgan fingerprint density at radius 2 is 2.31 bits per heavy atom. The second-order valence-corrected chi connectivity index (χ2v) is 8.20. The molecular formula is C20H32N8O. The highest BCUT2D eigenvalue weighted by atomic mass is 16.2. The van der Waals surface area contributed by atoms with Gasteiger partial charge in [0, 0.05) is 19.6 Å². The van der Waals surface area contributed by atoms with Gasteiger partial charge in [0.05, 0.1) is 30.7 Å². The lowest BCUT2D eigenvalue weighted by Crippen LogP contribution is -2.34. The van der Waals surface area contributed by atoms with E-state index in [-0.39, 0.29) is 5.91 Å². The van der Waals surface area contributed by atoms with E-state index < -0.39 is 0 Å². The smallest absolute Gasteiger partial charge is 0.273 e. The van der Waals surface area contributed by atoms with Crippen LogP contribution in [0, 0.1) is 5.92 Å². The molecule has 0 spiro atoms. The normalized spacial score (nSPS) is 19.8. The molecule has 0 unspecified atom stereocenters. The maximum Gasteiger partial charge on any atom is 0.273 e. The van der Waals surface area contributed by atoms with Gasteiger partial charge in [-0.15, -0.1) is 5.10 Å². The Hall–Kier alpha value is -2.26. The van der Waals surface area contributed by atoms with Crippen LogP contribution in [0.2, 0.25) is 0 Å². The van der Waals surface area contributed by atoms with Crippen LogP contribution in [0.1, 0.15) is 54.5 Å². The summed E-state index contributed by atoms with van der Waals surface area (Å²) in [5.74, 6) is 0.351. The molecule has 4 heterocycles. The quantitative estimate of drug-likeness (QED) is 0.687. The zero-order valence-corrected chi connectivity index (χ0v) is 17.3. The van der Waals surface area contributed by atoms with E-state index in [9.17, 15) is 4.79 Å². The van der Waals surface area contributed by atoms with E-state index in [0.29, 0.717) is 18.2 Å². The number of fused-ring (bicyclic) bond motifs is 1. The van der Waals surface area contributed by atoms with E-state index in [1.165, 1.54) is 31.4 Å². The minimum atomic E-state index is -0.200. The van der Waals surface area contributed by atoms with Crippen LogP contribution in [0.5, 0.6) is 0 Å². The van der Waals surface area contributed by atoms with Gasteiger partial charge in [0.15, 0.2) is 5.69 Å². The van der Waals surface area contributed by atoms with Crippen LogP contribution in [-0.2, 0) is 26.2 Å². The molecule has 0 aliphatic carbocycles. The van der Waals surface area contributed by atoms with Gasteiger partial charge in [0.1, 0.15) is 0 Å². The van der Waals surface area contributed by atoms with E-state index in [4.69, 9.17) is 0 Å². The van der Waals surface area contributed by atoms with Gasteiger partial charge in [0.25, 0.3) is 5.91 Å². The molecule has 1 amide bonds. The van der Waals surface area contributed by atoms with Crippen LogP contribution >= 0.6 is 0 Å². The molecule has 1 atom stereocenters. The summed E-state index contributed by atoms with van der Waals surface area (Å²) in [6, 6.07) is 2.10. The summed E-state index contributed by atoms with van der Waals surface area (Å²) >= 11 is 0. The van der Waals surface area contributed by atoms with Gasteiger partial charge in [-0.2, -0.15) is 5.10 Å². The average molecular weight is 401 g/mol. The number of carbonyl (C=O) groups excluding carboxylic acids is 1. The number of aromatic nitrogens is 5. The second kappa shape index (κ2) is 9.49. The van der Waals surface area contributed by atoms with Crippen molar-refractivity contribution in [2.24, 2.45) is 5.92 Å². The molecule has 2 N–H and O–H groups in total. The first-order chi connectivity index (χ1) is 14.2. The Balaban J connectivity index is 1.27. The first-order valence-electron chi connectivity index (χ1n) is 10.9. The molecule has 0 bridgehead atoms. The van der Waals surface area contributed by atoms with E-state index in [2.05, 4.69) is 48.6 Å². The molecule has 2 aliphatic rings. The largest absolute Gasteiger partial charge is 0.345 e. The van der Waals surface area contributed by atoms with Crippen molar-refractivity contribution in [3.05, 3.63) is 29.3 Å². The Morgan fingerprint density at radius 1 is 1.38 bits per heavy atom. The number of nitrogens with one attached hydrogen (secondary N) is 2. The molecule has 0 saturated carbocycles. The molecule has 0 radical (unpaired) electrons. The molecule has 29 heavy (non-hydrogen) atoms. The summed E-state index contributed by atoms with van der Waals surface area (Å²) in [7, 11) is 0. The zero-order valence-electron chi connectivity index (χ0n) is 17.3. The van der Waals surface area contributed by atoms with Crippen molar-refractivity contribution in [3.8, 4) is 0 Å². The Labute approximate surface area is 171 Å². The van der Waals surface area contributed by atoms with E-state index in [0.717, 1.165) is 51.5 Å². The summed E-state index contributed by atoms with van der Waals surface area (Å²) in [6.45, 7) is 9.56. The van der Waals surface area contributed by atoms with Crippen LogP contribution in [-0.4, -0.2) is 61.8 Å². The van der Waals surface area contributed by atoms with Crippen molar-refractivity contribution in [2.75, 3.05) is 26.2 Å². The van der Waals surface area contributed by atoms with Crippen molar-refractivity contribution < 1.29 is 4.79 Å². The van der Waals surface area contributed by atoms with E-state index in [1.54, 1.807) is 10.9 Å². The van der Waals surface area contributed by atoms with Crippen molar-refractivity contribution >= 4 is 5.91 Å². The monoisotopic (exact) mass is 400 g/mol. The summed E-state index contributed by atoms with van der Waals surface area (Å²) in [5, 5.41) is 19.1. The first-order valence-corrected chi connectivity index (χ1v) is 10.9. The zero-order chi connectivity index (χ0) is 20.1. The Morgan fingerprint density at radius 3 is 3.14 bits per heavy atom. The number of carbonyl (C=O) groups is 1. The molecule has 158 valence electrons. The highest BCUT2D eigenvalue weighted by Gasteiger charge is 2.19. The molecule has 1 fully saturated rings. The predicted octanol–water partition coefficient (Wildman–Crippen LogP) is 1.02. The molecule has 2 aromatic rings. The minimum Gasteiger partial charge on any atom is -0.345 e. The summed E-state index contributed by atoms with van der Waals surface area (Å²) < 4.78 is 3.85. The fraction of sp³-hybridized carbons (Fsp3) is 0.700.